The van der Waals surface area contributed by atoms with Crippen molar-refractivity contribution in [2.24, 2.45) is 0 Å². The van der Waals surface area contributed by atoms with E-state index in [-0.39, 0.29) is 0 Å². The molecule has 0 saturated carbocycles. The molecule has 0 aliphatic rings. The van der Waals surface area contributed by atoms with Crippen LogP contribution in [0.4, 0.5) is 8.78 Å². The molecule has 0 atom stereocenters. The van der Waals surface area contributed by atoms with Gasteiger partial charge in [-0.25, -0.2) is 13.8 Å². The lowest BCUT2D eigenvalue weighted by Crippen LogP contribution is -2.04. The molecule has 1 aromatic carbocycles. The first kappa shape index (κ1) is 11.1. The Kier molecular flexibility index (Phi) is 3.19. The van der Waals surface area contributed by atoms with Gasteiger partial charge in [0.25, 0.3) is 0 Å². The maximum Gasteiger partial charge on any atom is 0.131 e. The van der Waals surface area contributed by atoms with Crippen molar-refractivity contribution in [1.82, 2.24) is 9.55 Å². The molecule has 16 heavy (non-hydrogen) atoms. The van der Waals surface area contributed by atoms with Gasteiger partial charge in [-0.2, -0.15) is 0 Å². The zero-order valence-electron chi connectivity index (χ0n) is 8.33. The highest BCUT2D eigenvalue weighted by atomic mass is 35.5. The van der Waals surface area contributed by atoms with Gasteiger partial charge in [0.1, 0.15) is 11.6 Å². The molecule has 1 heterocycles. The fraction of sp³-hybridized carbons (Fsp3) is 0.182. The van der Waals surface area contributed by atoms with Crippen LogP contribution in [0.3, 0.4) is 0 Å². The predicted octanol–water partition coefficient (Wildman–Crippen LogP) is 2.95. The van der Waals surface area contributed by atoms with E-state index in [1.54, 1.807) is 17.1 Å². The molecule has 0 bridgehead atoms. The molecule has 2 nitrogen and oxygen atoms in total. The molecule has 0 aliphatic heterocycles. The minimum atomic E-state index is -0.579. The minimum absolute atomic E-state index is 0.300. The first-order chi connectivity index (χ1) is 7.70. The quantitative estimate of drug-likeness (QED) is 0.757. The zero-order valence-corrected chi connectivity index (χ0v) is 9.09. The Hall–Kier alpha value is -1.42. The maximum absolute atomic E-state index is 13.4. The Bertz CT molecular complexity index is 496. The van der Waals surface area contributed by atoms with Crippen LogP contribution in [-0.4, -0.2) is 9.55 Å². The van der Waals surface area contributed by atoms with Crippen LogP contribution in [0, 0.1) is 11.6 Å². The summed E-state index contributed by atoms with van der Waals surface area (Å²) >= 11 is 5.69. The van der Waals surface area contributed by atoms with E-state index in [1.807, 2.05) is 0 Å². The third kappa shape index (κ3) is 2.22. The molecule has 1 aromatic heterocycles. The summed E-state index contributed by atoms with van der Waals surface area (Å²) in [6, 6.07) is 3.52. The number of hydrogen-bond acceptors (Lipinski definition) is 1. The Morgan fingerprint density at radius 3 is 2.81 bits per heavy atom. The predicted molar refractivity (Wildman–Crippen MR) is 57.2 cm³/mol. The second-order valence-electron chi connectivity index (χ2n) is 3.38. The summed E-state index contributed by atoms with van der Waals surface area (Å²) in [6.07, 6.45) is 3.19. The van der Waals surface area contributed by atoms with Crippen LogP contribution in [0.25, 0.3) is 0 Å². The molecule has 0 spiro atoms. The Labute approximate surface area is 96.5 Å². The van der Waals surface area contributed by atoms with E-state index in [2.05, 4.69) is 4.98 Å². The molecule has 0 aliphatic carbocycles. The van der Waals surface area contributed by atoms with Gasteiger partial charge in [-0.05, 0) is 6.07 Å². The number of benzene rings is 1. The van der Waals surface area contributed by atoms with Gasteiger partial charge in [0.05, 0.1) is 24.4 Å². The second kappa shape index (κ2) is 4.61. The van der Waals surface area contributed by atoms with Crippen LogP contribution in [0.2, 0.25) is 0 Å². The Balaban J connectivity index is 2.27. The highest BCUT2D eigenvalue weighted by Gasteiger charge is 2.06. The number of rotatable bonds is 3. The van der Waals surface area contributed by atoms with Crippen LogP contribution >= 0.6 is 11.6 Å². The topological polar surface area (TPSA) is 17.8 Å². The number of halogens is 3. The summed E-state index contributed by atoms with van der Waals surface area (Å²) in [5.74, 6) is -0.832. The van der Waals surface area contributed by atoms with Crippen LogP contribution in [-0.2, 0) is 12.4 Å². The van der Waals surface area contributed by atoms with Gasteiger partial charge in [-0.1, -0.05) is 6.07 Å². The molecule has 0 unspecified atom stereocenters. The average molecular weight is 243 g/mol. The molecule has 2 rings (SSSR count). The third-order valence-electron chi connectivity index (χ3n) is 2.29. The molecule has 2 aromatic rings. The third-order valence-corrected chi connectivity index (χ3v) is 2.57. The lowest BCUT2D eigenvalue weighted by Gasteiger charge is -2.07. The van der Waals surface area contributed by atoms with Crippen molar-refractivity contribution in [2.75, 3.05) is 0 Å². The van der Waals surface area contributed by atoms with Crippen molar-refractivity contribution in [1.29, 1.82) is 0 Å². The molecule has 0 amide bonds. The highest BCUT2D eigenvalue weighted by molar-refractivity contribution is 6.16. The molecule has 5 heteroatoms. The summed E-state index contributed by atoms with van der Waals surface area (Å²) in [7, 11) is 0. The van der Waals surface area contributed by atoms with Crippen molar-refractivity contribution >= 4 is 11.6 Å². The van der Waals surface area contributed by atoms with Crippen molar-refractivity contribution in [2.45, 2.75) is 12.4 Å². The summed E-state index contributed by atoms with van der Waals surface area (Å²) in [5, 5.41) is 0. The highest BCUT2D eigenvalue weighted by Crippen LogP contribution is 2.13. The molecule has 0 N–H and O–H groups in total. The first-order valence-corrected chi connectivity index (χ1v) is 5.23. The van der Waals surface area contributed by atoms with E-state index in [0.717, 1.165) is 11.8 Å². The molecule has 0 fully saturated rings. The van der Waals surface area contributed by atoms with Crippen molar-refractivity contribution < 1.29 is 8.78 Å². The van der Waals surface area contributed by atoms with Crippen LogP contribution < -0.4 is 0 Å². The van der Waals surface area contributed by atoms with Crippen LogP contribution in [0.15, 0.2) is 30.7 Å². The molecule has 0 saturated heterocycles. The van der Waals surface area contributed by atoms with E-state index >= 15 is 0 Å². The standard InChI is InChI=1S/C11H9ClF2N2/c12-4-10-5-15-7-16(10)6-8-1-2-9(13)3-11(8)14/h1-3,5,7H,4,6H2. The van der Waals surface area contributed by atoms with Gasteiger partial charge in [-0.3, -0.25) is 0 Å². The van der Waals surface area contributed by atoms with Crippen molar-refractivity contribution in [3.8, 4) is 0 Å². The molecular weight excluding hydrogens is 234 g/mol. The fourth-order valence-corrected chi connectivity index (χ4v) is 1.66. The van der Waals surface area contributed by atoms with Crippen molar-refractivity contribution in [3.05, 3.63) is 53.6 Å². The normalized spacial score (nSPS) is 10.7. The van der Waals surface area contributed by atoms with Gasteiger partial charge in [0.15, 0.2) is 0 Å². The number of aromatic nitrogens is 2. The molecule has 84 valence electrons. The van der Waals surface area contributed by atoms with E-state index in [0.29, 0.717) is 18.0 Å². The van der Waals surface area contributed by atoms with Gasteiger partial charge in [0, 0.05) is 17.8 Å². The van der Waals surface area contributed by atoms with E-state index in [4.69, 9.17) is 11.6 Å². The van der Waals surface area contributed by atoms with E-state index < -0.39 is 11.6 Å². The van der Waals surface area contributed by atoms with Gasteiger partial charge in [-0.15, -0.1) is 11.6 Å². The van der Waals surface area contributed by atoms with E-state index in [9.17, 15) is 8.78 Å². The number of hydrogen-bond donors (Lipinski definition) is 0. The van der Waals surface area contributed by atoms with Gasteiger partial charge < -0.3 is 4.57 Å². The SMILES string of the molecule is Fc1ccc(Cn2cncc2CCl)c(F)c1. The summed E-state index contributed by atoms with van der Waals surface area (Å²) in [5.41, 5.74) is 1.20. The first-order valence-electron chi connectivity index (χ1n) is 4.69. The number of alkyl halides is 1. The molecule has 0 radical (unpaired) electrons. The second-order valence-corrected chi connectivity index (χ2v) is 3.65. The van der Waals surface area contributed by atoms with E-state index in [1.165, 1.54) is 12.1 Å². The fourth-order valence-electron chi connectivity index (χ4n) is 1.44. The monoisotopic (exact) mass is 242 g/mol. The lowest BCUT2D eigenvalue weighted by atomic mass is 10.2. The molecular formula is C11H9ClF2N2. The summed E-state index contributed by atoms with van der Waals surface area (Å²) in [4.78, 5) is 3.92. The Morgan fingerprint density at radius 1 is 1.31 bits per heavy atom. The van der Waals surface area contributed by atoms with Crippen LogP contribution in [0.1, 0.15) is 11.3 Å². The number of imidazole rings is 1. The maximum atomic E-state index is 13.4. The Morgan fingerprint density at radius 2 is 2.12 bits per heavy atom. The zero-order chi connectivity index (χ0) is 11.5. The van der Waals surface area contributed by atoms with Gasteiger partial charge in [0.2, 0.25) is 0 Å². The summed E-state index contributed by atoms with van der Waals surface area (Å²) < 4.78 is 27.8. The minimum Gasteiger partial charge on any atom is -0.329 e. The van der Waals surface area contributed by atoms with Gasteiger partial charge >= 0.3 is 0 Å². The largest absolute Gasteiger partial charge is 0.329 e. The summed E-state index contributed by atoms with van der Waals surface area (Å²) in [6.45, 7) is 0.300. The lowest BCUT2D eigenvalue weighted by molar-refractivity contribution is 0.565. The van der Waals surface area contributed by atoms with Crippen molar-refractivity contribution in [3.63, 3.8) is 0 Å². The van der Waals surface area contributed by atoms with Crippen LogP contribution in [0.5, 0.6) is 0 Å². The smallest absolute Gasteiger partial charge is 0.131 e. The number of nitrogens with zero attached hydrogens (tertiary/aromatic N) is 2. The average Bonchev–Trinajstić information content (AvgIpc) is 2.69.